The van der Waals surface area contributed by atoms with E-state index < -0.39 is 21.8 Å². The van der Waals surface area contributed by atoms with Crippen LogP contribution in [0.1, 0.15) is 28.2 Å². The van der Waals surface area contributed by atoms with E-state index in [9.17, 15) is 17.6 Å². The highest BCUT2D eigenvalue weighted by molar-refractivity contribution is 7.91. The SMILES string of the molecule is Cc1cc(C(=O)NC2CCS(=O)(=O)C2)nc(NCCc2ccccc2F)n1. The van der Waals surface area contributed by atoms with E-state index in [0.717, 1.165) is 0 Å². The molecule has 1 amide bonds. The Morgan fingerprint density at radius 1 is 1.30 bits per heavy atom. The van der Waals surface area contributed by atoms with E-state index >= 15 is 0 Å². The van der Waals surface area contributed by atoms with Gasteiger partial charge >= 0.3 is 0 Å². The summed E-state index contributed by atoms with van der Waals surface area (Å²) in [4.78, 5) is 20.8. The molecule has 1 aliphatic heterocycles. The van der Waals surface area contributed by atoms with Crippen molar-refractivity contribution >= 4 is 21.7 Å². The summed E-state index contributed by atoms with van der Waals surface area (Å²) in [7, 11) is -3.07. The van der Waals surface area contributed by atoms with Crippen LogP contribution in [0.4, 0.5) is 10.3 Å². The molecular formula is C18H21FN4O3S. The van der Waals surface area contributed by atoms with Crippen molar-refractivity contribution in [1.82, 2.24) is 15.3 Å². The number of halogens is 1. The fourth-order valence-electron chi connectivity index (χ4n) is 2.94. The van der Waals surface area contributed by atoms with Crippen LogP contribution in [0.15, 0.2) is 30.3 Å². The average molecular weight is 392 g/mol. The summed E-state index contributed by atoms with van der Waals surface area (Å²) in [6, 6.07) is 7.67. The zero-order valence-electron chi connectivity index (χ0n) is 14.9. The number of carbonyl (C=O) groups excluding carboxylic acids is 1. The highest BCUT2D eigenvalue weighted by atomic mass is 32.2. The summed E-state index contributed by atoms with van der Waals surface area (Å²) in [5, 5.41) is 5.71. The van der Waals surface area contributed by atoms with Gasteiger partial charge in [-0.05, 0) is 37.5 Å². The number of carbonyl (C=O) groups is 1. The lowest BCUT2D eigenvalue weighted by molar-refractivity contribution is 0.0936. The normalized spacial score (nSPS) is 18.2. The molecule has 1 unspecified atom stereocenters. The Bertz CT molecular complexity index is 949. The van der Waals surface area contributed by atoms with Crippen molar-refractivity contribution in [2.24, 2.45) is 0 Å². The van der Waals surface area contributed by atoms with Crippen LogP contribution in [0.25, 0.3) is 0 Å². The van der Waals surface area contributed by atoms with Gasteiger partial charge in [0.15, 0.2) is 9.84 Å². The topological polar surface area (TPSA) is 101 Å². The van der Waals surface area contributed by atoms with Crippen LogP contribution >= 0.6 is 0 Å². The Balaban J connectivity index is 1.62. The maximum Gasteiger partial charge on any atom is 0.270 e. The first kappa shape index (κ1) is 19.2. The summed E-state index contributed by atoms with van der Waals surface area (Å²) < 4.78 is 36.7. The first-order valence-corrected chi connectivity index (χ1v) is 10.5. The predicted molar refractivity (Wildman–Crippen MR) is 99.9 cm³/mol. The van der Waals surface area contributed by atoms with Gasteiger partial charge in [0.1, 0.15) is 11.5 Å². The van der Waals surface area contributed by atoms with Gasteiger partial charge in [-0.1, -0.05) is 18.2 Å². The smallest absolute Gasteiger partial charge is 0.270 e. The predicted octanol–water partition coefficient (Wildman–Crippen LogP) is 1.50. The summed E-state index contributed by atoms with van der Waals surface area (Å²) >= 11 is 0. The van der Waals surface area contributed by atoms with Crippen molar-refractivity contribution < 1.29 is 17.6 Å². The van der Waals surface area contributed by atoms with Crippen LogP contribution in [0.3, 0.4) is 0 Å². The maximum absolute atomic E-state index is 13.6. The Morgan fingerprint density at radius 2 is 2.07 bits per heavy atom. The van der Waals surface area contributed by atoms with Gasteiger partial charge in [0.2, 0.25) is 5.95 Å². The largest absolute Gasteiger partial charge is 0.354 e. The van der Waals surface area contributed by atoms with Gasteiger partial charge in [-0.15, -0.1) is 0 Å². The number of nitrogens with one attached hydrogen (secondary N) is 2. The van der Waals surface area contributed by atoms with Crippen molar-refractivity contribution in [3.63, 3.8) is 0 Å². The lowest BCUT2D eigenvalue weighted by Crippen LogP contribution is -2.36. The second kappa shape index (κ2) is 7.99. The third-order valence-corrected chi connectivity index (χ3v) is 6.06. The quantitative estimate of drug-likeness (QED) is 0.773. The fraction of sp³-hybridized carbons (Fsp3) is 0.389. The van der Waals surface area contributed by atoms with E-state index in [1.165, 1.54) is 6.07 Å². The number of amides is 1. The summed E-state index contributed by atoms with van der Waals surface area (Å²) in [6.45, 7) is 2.15. The van der Waals surface area contributed by atoms with Gasteiger partial charge in [-0.2, -0.15) is 0 Å². The molecule has 9 heteroatoms. The number of aromatic nitrogens is 2. The summed E-state index contributed by atoms with van der Waals surface area (Å²) in [5.41, 5.74) is 1.35. The van der Waals surface area contributed by atoms with Gasteiger partial charge in [-0.3, -0.25) is 4.79 Å². The molecular weight excluding hydrogens is 371 g/mol. The van der Waals surface area contributed by atoms with E-state index in [4.69, 9.17) is 0 Å². The molecule has 1 atom stereocenters. The number of rotatable bonds is 6. The highest BCUT2D eigenvalue weighted by Gasteiger charge is 2.29. The number of benzene rings is 1. The van der Waals surface area contributed by atoms with Crippen LogP contribution in [-0.4, -0.2) is 48.4 Å². The van der Waals surface area contributed by atoms with Gasteiger partial charge in [0.05, 0.1) is 11.5 Å². The minimum atomic E-state index is -3.07. The Morgan fingerprint density at radius 3 is 2.78 bits per heavy atom. The number of anilines is 1. The van der Waals surface area contributed by atoms with Crippen LogP contribution in [0.5, 0.6) is 0 Å². The lowest BCUT2D eigenvalue weighted by atomic mass is 10.1. The van der Waals surface area contributed by atoms with Crippen LogP contribution in [0.2, 0.25) is 0 Å². The van der Waals surface area contributed by atoms with E-state index in [0.29, 0.717) is 30.6 Å². The van der Waals surface area contributed by atoms with E-state index in [1.807, 2.05) is 0 Å². The summed E-state index contributed by atoms with van der Waals surface area (Å²) in [6.07, 6.45) is 0.858. The van der Waals surface area contributed by atoms with E-state index in [-0.39, 0.29) is 29.0 Å². The fourth-order valence-corrected chi connectivity index (χ4v) is 4.62. The van der Waals surface area contributed by atoms with Crippen molar-refractivity contribution in [1.29, 1.82) is 0 Å². The standard InChI is InChI=1S/C18H21FN4O3S/c1-12-10-16(17(24)22-14-7-9-27(25,26)11-14)23-18(21-12)20-8-6-13-4-2-3-5-15(13)19/h2-5,10,14H,6-9,11H2,1H3,(H,22,24)(H,20,21,23). The van der Waals surface area contributed by atoms with Crippen LogP contribution < -0.4 is 10.6 Å². The number of aryl methyl sites for hydroxylation is 1. The van der Waals surface area contributed by atoms with Crippen molar-refractivity contribution in [3.05, 3.63) is 53.1 Å². The first-order valence-electron chi connectivity index (χ1n) is 8.67. The zero-order chi connectivity index (χ0) is 19.4. The minimum Gasteiger partial charge on any atom is -0.354 e. The molecule has 27 heavy (non-hydrogen) atoms. The molecule has 0 aliphatic carbocycles. The monoisotopic (exact) mass is 392 g/mol. The van der Waals surface area contributed by atoms with Crippen molar-refractivity contribution in [2.45, 2.75) is 25.8 Å². The molecule has 1 aromatic carbocycles. The van der Waals surface area contributed by atoms with E-state index in [1.54, 1.807) is 31.2 Å². The first-order chi connectivity index (χ1) is 12.8. The van der Waals surface area contributed by atoms with Crippen molar-refractivity contribution in [3.8, 4) is 0 Å². The van der Waals surface area contributed by atoms with Crippen molar-refractivity contribution in [2.75, 3.05) is 23.4 Å². The molecule has 1 aromatic heterocycles. The van der Waals surface area contributed by atoms with Crippen LogP contribution in [-0.2, 0) is 16.3 Å². The minimum absolute atomic E-state index is 0.0451. The van der Waals surface area contributed by atoms with Gasteiger partial charge in [0.25, 0.3) is 5.91 Å². The summed E-state index contributed by atoms with van der Waals surface area (Å²) in [5.74, 6) is -0.383. The Labute approximate surface area is 157 Å². The molecule has 3 rings (SSSR count). The second-order valence-corrected chi connectivity index (χ2v) is 8.79. The zero-order valence-corrected chi connectivity index (χ0v) is 15.7. The molecule has 1 saturated heterocycles. The molecule has 144 valence electrons. The molecule has 2 aromatic rings. The highest BCUT2D eigenvalue weighted by Crippen LogP contribution is 2.13. The molecule has 7 nitrogen and oxygen atoms in total. The second-order valence-electron chi connectivity index (χ2n) is 6.56. The third kappa shape index (κ3) is 5.22. The number of hydrogen-bond acceptors (Lipinski definition) is 6. The molecule has 0 bridgehead atoms. The molecule has 0 saturated carbocycles. The molecule has 0 spiro atoms. The third-order valence-electron chi connectivity index (χ3n) is 4.29. The number of nitrogens with zero attached hydrogens (tertiary/aromatic N) is 2. The number of hydrogen-bond donors (Lipinski definition) is 2. The Hall–Kier alpha value is -2.55. The lowest BCUT2D eigenvalue weighted by Gasteiger charge is -2.12. The maximum atomic E-state index is 13.6. The molecule has 1 aliphatic rings. The molecule has 0 radical (unpaired) electrons. The molecule has 2 N–H and O–H groups in total. The van der Waals surface area contributed by atoms with Gasteiger partial charge in [-0.25, -0.2) is 22.8 Å². The van der Waals surface area contributed by atoms with E-state index in [2.05, 4.69) is 20.6 Å². The number of sulfone groups is 1. The Kier molecular flexibility index (Phi) is 5.69. The molecule has 2 heterocycles. The molecule has 1 fully saturated rings. The van der Waals surface area contributed by atoms with Crippen LogP contribution in [0, 0.1) is 12.7 Å². The average Bonchev–Trinajstić information content (AvgIpc) is 2.94. The van der Waals surface area contributed by atoms with Gasteiger partial charge in [0, 0.05) is 18.3 Å². The van der Waals surface area contributed by atoms with Gasteiger partial charge < -0.3 is 10.6 Å².